The highest BCUT2D eigenvalue weighted by Crippen LogP contribution is 2.35. The van der Waals surface area contributed by atoms with E-state index in [1.165, 1.54) is 33.3 Å². The van der Waals surface area contributed by atoms with Crippen molar-refractivity contribution >= 4 is 44.4 Å². The summed E-state index contributed by atoms with van der Waals surface area (Å²) in [5, 5.41) is 3.58. The minimum Gasteiger partial charge on any atom is -0.495 e. The van der Waals surface area contributed by atoms with Crippen molar-refractivity contribution in [3.05, 3.63) is 58.7 Å². The number of amides is 1. The van der Waals surface area contributed by atoms with Crippen LogP contribution in [-0.2, 0) is 9.53 Å². The van der Waals surface area contributed by atoms with Crippen LogP contribution in [0.2, 0.25) is 0 Å². The highest BCUT2D eigenvalue weighted by atomic mass is 79.9. The van der Waals surface area contributed by atoms with E-state index in [1.807, 2.05) is 12.1 Å². The monoisotopic (exact) mass is 458 g/mol. The summed E-state index contributed by atoms with van der Waals surface area (Å²) in [5.41, 5.74) is 1.55. The largest absolute Gasteiger partial charge is 0.495 e. The lowest BCUT2D eigenvalue weighted by atomic mass is 10.1. The number of nitrogens with one attached hydrogen (secondary N) is 1. The quantitative estimate of drug-likeness (QED) is 0.557. The van der Waals surface area contributed by atoms with Gasteiger partial charge < -0.3 is 19.5 Å². The lowest BCUT2D eigenvalue weighted by molar-refractivity contribution is -0.123. The van der Waals surface area contributed by atoms with Gasteiger partial charge in [-0.3, -0.25) is 9.78 Å². The number of aromatic nitrogens is 1. The molecule has 7 nitrogen and oxygen atoms in total. The second-order valence-corrected chi connectivity index (χ2v) is 6.90. The Bertz CT molecular complexity index is 1040. The normalized spacial score (nSPS) is 11.6. The highest BCUT2D eigenvalue weighted by molar-refractivity contribution is 9.10. The number of anilines is 1. The summed E-state index contributed by atoms with van der Waals surface area (Å²) in [7, 11) is 2.95. The molecule has 0 aliphatic carbocycles. The number of carbonyl (C=O) groups is 2. The predicted octanol–water partition coefficient (Wildman–Crippen LogP) is 4.20. The number of carbonyl (C=O) groups excluding carboxylic acids is 2. The third-order valence-electron chi connectivity index (χ3n) is 4.24. The molecule has 0 aliphatic rings. The number of halogens is 1. The number of hydrogen-bond acceptors (Lipinski definition) is 6. The number of hydrogen-bond donors (Lipinski definition) is 1. The number of pyridine rings is 1. The van der Waals surface area contributed by atoms with Crippen LogP contribution in [0.1, 0.15) is 17.3 Å². The number of fused-ring (bicyclic) bond motifs is 1. The standard InChI is InChI=1S/C21H19BrN2O5/c1-12(20(25)24-16-8-4-7-15-14(16)6-5-9-23-15)29-21(26)13-10-17(27-2)19(22)18(11-13)28-3/h4-12H,1-3H3,(H,24,25). The van der Waals surface area contributed by atoms with E-state index in [1.54, 1.807) is 24.4 Å². The molecular formula is C21H19BrN2O5. The summed E-state index contributed by atoms with van der Waals surface area (Å²) >= 11 is 3.34. The summed E-state index contributed by atoms with van der Waals surface area (Å²) in [6.45, 7) is 1.50. The van der Waals surface area contributed by atoms with Crippen molar-refractivity contribution in [3.63, 3.8) is 0 Å². The van der Waals surface area contributed by atoms with Gasteiger partial charge in [-0.1, -0.05) is 6.07 Å². The first-order chi connectivity index (χ1) is 13.9. The molecule has 3 rings (SSSR count). The molecule has 0 spiro atoms. The fraction of sp³-hybridized carbons (Fsp3) is 0.190. The molecule has 0 bridgehead atoms. The second kappa shape index (κ2) is 8.91. The third kappa shape index (κ3) is 4.48. The molecule has 1 atom stereocenters. The van der Waals surface area contributed by atoms with Gasteiger partial charge in [-0.15, -0.1) is 0 Å². The summed E-state index contributed by atoms with van der Waals surface area (Å²) in [4.78, 5) is 29.3. The Morgan fingerprint density at radius 2 is 1.76 bits per heavy atom. The van der Waals surface area contributed by atoms with Crippen LogP contribution >= 0.6 is 15.9 Å². The van der Waals surface area contributed by atoms with Gasteiger partial charge in [-0.05, 0) is 59.3 Å². The average molecular weight is 459 g/mol. The summed E-state index contributed by atoms with van der Waals surface area (Å²) < 4.78 is 16.4. The van der Waals surface area contributed by atoms with Crippen LogP contribution in [-0.4, -0.2) is 37.2 Å². The molecule has 1 heterocycles. The molecule has 0 fully saturated rings. The first kappa shape index (κ1) is 20.6. The molecule has 2 aromatic carbocycles. The molecule has 3 aromatic rings. The Kier molecular flexibility index (Phi) is 6.33. The van der Waals surface area contributed by atoms with Crippen molar-refractivity contribution in [3.8, 4) is 11.5 Å². The van der Waals surface area contributed by atoms with Gasteiger partial charge in [0.25, 0.3) is 5.91 Å². The van der Waals surface area contributed by atoms with Crippen LogP contribution in [0.5, 0.6) is 11.5 Å². The smallest absolute Gasteiger partial charge is 0.339 e. The Labute approximate surface area is 176 Å². The zero-order valence-electron chi connectivity index (χ0n) is 16.1. The summed E-state index contributed by atoms with van der Waals surface area (Å²) in [6, 6.07) is 12.1. The van der Waals surface area contributed by atoms with Crippen LogP contribution < -0.4 is 14.8 Å². The van der Waals surface area contributed by atoms with Crippen molar-refractivity contribution in [2.24, 2.45) is 0 Å². The zero-order valence-corrected chi connectivity index (χ0v) is 17.6. The molecule has 0 radical (unpaired) electrons. The lowest BCUT2D eigenvalue weighted by Gasteiger charge is -2.16. The van der Waals surface area contributed by atoms with Crippen molar-refractivity contribution in [1.29, 1.82) is 0 Å². The topological polar surface area (TPSA) is 86.8 Å². The fourth-order valence-corrected chi connectivity index (χ4v) is 3.27. The SMILES string of the molecule is COc1cc(C(=O)OC(C)C(=O)Nc2cccc3ncccc23)cc(OC)c1Br. The van der Waals surface area contributed by atoms with Crippen molar-refractivity contribution in [2.75, 3.05) is 19.5 Å². The van der Waals surface area contributed by atoms with Gasteiger partial charge in [0.2, 0.25) is 0 Å². The van der Waals surface area contributed by atoms with E-state index < -0.39 is 18.0 Å². The number of methoxy groups -OCH3 is 2. The number of rotatable bonds is 6. The minimum absolute atomic E-state index is 0.205. The summed E-state index contributed by atoms with van der Waals surface area (Å²) in [6.07, 6.45) is 0.661. The van der Waals surface area contributed by atoms with Crippen LogP contribution in [0.25, 0.3) is 10.9 Å². The maximum Gasteiger partial charge on any atom is 0.339 e. The van der Waals surface area contributed by atoms with Gasteiger partial charge in [-0.25, -0.2) is 4.79 Å². The van der Waals surface area contributed by atoms with E-state index in [9.17, 15) is 9.59 Å². The van der Waals surface area contributed by atoms with Crippen LogP contribution in [0.15, 0.2) is 53.1 Å². The number of nitrogens with zero attached hydrogens (tertiary/aromatic N) is 1. The van der Waals surface area contributed by atoms with Gasteiger partial charge >= 0.3 is 5.97 Å². The molecule has 8 heteroatoms. The van der Waals surface area contributed by atoms with E-state index in [4.69, 9.17) is 14.2 Å². The molecule has 1 amide bonds. The van der Waals surface area contributed by atoms with Crippen LogP contribution in [0.4, 0.5) is 5.69 Å². The van der Waals surface area contributed by atoms with Crippen LogP contribution in [0.3, 0.4) is 0 Å². The fourth-order valence-electron chi connectivity index (χ4n) is 2.72. The molecule has 1 N–H and O–H groups in total. The van der Waals surface area contributed by atoms with Gasteiger partial charge in [0, 0.05) is 11.6 Å². The van der Waals surface area contributed by atoms with Crippen molar-refractivity contribution in [2.45, 2.75) is 13.0 Å². The van der Waals surface area contributed by atoms with E-state index in [0.29, 0.717) is 21.7 Å². The van der Waals surface area contributed by atoms with Gasteiger partial charge in [0.1, 0.15) is 16.0 Å². The van der Waals surface area contributed by atoms with E-state index in [-0.39, 0.29) is 5.56 Å². The van der Waals surface area contributed by atoms with Gasteiger partial charge in [0.05, 0.1) is 31.0 Å². The average Bonchev–Trinajstić information content (AvgIpc) is 2.74. The number of benzene rings is 2. The Balaban J connectivity index is 1.75. The second-order valence-electron chi connectivity index (χ2n) is 6.11. The maximum atomic E-state index is 12.6. The third-order valence-corrected chi connectivity index (χ3v) is 5.02. The highest BCUT2D eigenvalue weighted by Gasteiger charge is 2.22. The minimum atomic E-state index is -1.02. The van der Waals surface area contributed by atoms with E-state index in [0.717, 1.165) is 10.9 Å². The molecule has 1 aromatic heterocycles. The predicted molar refractivity (Wildman–Crippen MR) is 112 cm³/mol. The first-order valence-electron chi connectivity index (χ1n) is 8.71. The Hall–Kier alpha value is -3.13. The Morgan fingerprint density at radius 1 is 1.07 bits per heavy atom. The van der Waals surface area contributed by atoms with Gasteiger partial charge in [0.15, 0.2) is 6.10 Å². The Morgan fingerprint density at radius 3 is 2.41 bits per heavy atom. The van der Waals surface area contributed by atoms with Crippen molar-refractivity contribution < 1.29 is 23.8 Å². The number of ether oxygens (including phenoxy) is 3. The van der Waals surface area contributed by atoms with E-state index >= 15 is 0 Å². The first-order valence-corrected chi connectivity index (χ1v) is 9.51. The molecule has 0 saturated carbocycles. The van der Waals surface area contributed by atoms with E-state index in [2.05, 4.69) is 26.2 Å². The van der Waals surface area contributed by atoms with Gasteiger partial charge in [-0.2, -0.15) is 0 Å². The molecule has 0 aliphatic heterocycles. The number of esters is 1. The maximum absolute atomic E-state index is 12.6. The van der Waals surface area contributed by atoms with Crippen LogP contribution in [0, 0.1) is 0 Å². The molecule has 29 heavy (non-hydrogen) atoms. The molecule has 150 valence electrons. The lowest BCUT2D eigenvalue weighted by Crippen LogP contribution is -2.30. The van der Waals surface area contributed by atoms with Crippen molar-refractivity contribution in [1.82, 2.24) is 4.98 Å². The molecular weight excluding hydrogens is 440 g/mol. The molecule has 1 unspecified atom stereocenters. The zero-order chi connectivity index (χ0) is 21.0. The molecule has 0 saturated heterocycles. The summed E-state index contributed by atoms with van der Waals surface area (Å²) in [5.74, 6) is -0.296.